The predicted molar refractivity (Wildman–Crippen MR) is 103 cm³/mol. The van der Waals surface area contributed by atoms with Crippen LogP contribution in [-0.4, -0.2) is 20.9 Å². The van der Waals surface area contributed by atoms with E-state index in [0.29, 0.717) is 6.54 Å². The van der Waals surface area contributed by atoms with E-state index in [4.69, 9.17) is 0 Å². The molecule has 3 rings (SSSR count). The summed E-state index contributed by atoms with van der Waals surface area (Å²) in [5, 5.41) is 0. The van der Waals surface area contributed by atoms with Crippen molar-refractivity contribution in [1.82, 2.24) is 20.0 Å². The topological polar surface area (TPSA) is 102 Å². The van der Waals surface area contributed by atoms with Gasteiger partial charge in [-0.2, -0.15) is 0 Å². The third-order valence-corrected chi connectivity index (χ3v) is 4.94. The highest BCUT2D eigenvalue weighted by Gasteiger charge is 2.21. The third-order valence-electron chi connectivity index (χ3n) is 4.94. The lowest BCUT2D eigenvalue weighted by atomic mass is 9.89. The van der Waals surface area contributed by atoms with E-state index in [1.165, 1.54) is 16.8 Å². The van der Waals surface area contributed by atoms with E-state index in [-0.39, 0.29) is 11.8 Å². The monoisotopic (exact) mass is 384 g/mol. The molecule has 0 spiro atoms. The van der Waals surface area contributed by atoms with Crippen molar-refractivity contribution in [3.63, 3.8) is 0 Å². The summed E-state index contributed by atoms with van der Waals surface area (Å²) in [6.07, 6.45) is 6.17. The van der Waals surface area contributed by atoms with Crippen LogP contribution in [0.4, 0.5) is 0 Å². The molecule has 28 heavy (non-hydrogen) atoms. The second kappa shape index (κ2) is 9.16. The lowest BCUT2D eigenvalue weighted by Gasteiger charge is -2.20. The number of benzene rings is 1. The standard InChI is InChI=1S/C20H24N4O4/c25-17(21-22-19(27)16-9-5-2-6-10-16)14-24-18(26)11-12-23(20(24)28)13-15-7-3-1-4-8-15/h1,3-4,7-8,11-12,16H,2,5-6,9-10,13-14H2,(H,21,25)(H,22,27). The Labute approximate surface area is 162 Å². The van der Waals surface area contributed by atoms with Crippen molar-refractivity contribution >= 4 is 11.8 Å². The highest BCUT2D eigenvalue weighted by molar-refractivity contribution is 5.83. The SMILES string of the molecule is O=C(Cn1c(=O)ccn(Cc2ccccc2)c1=O)NNC(=O)C1CCCCC1. The van der Waals surface area contributed by atoms with Crippen LogP contribution in [0.2, 0.25) is 0 Å². The molecule has 0 aliphatic heterocycles. The molecule has 1 fully saturated rings. The molecule has 1 heterocycles. The molecule has 1 aliphatic carbocycles. The average Bonchev–Trinajstić information content (AvgIpc) is 2.73. The number of aromatic nitrogens is 2. The number of carbonyl (C=O) groups excluding carboxylic acids is 2. The van der Waals surface area contributed by atoms with Crippen molar-refractivity contribution in [1.29, 1.82) is 0 Å². The molecule has 8 nitrogen and oxygen atoms in total. The van der Waals surface area contributed by atoms with Gasteiger partial charge in [0.2, 0.25) is 5.91 Å². The van der Waals surface area contributed by atoms with E-state index >= 15 is 0 Å². The van der Waals surface area contributed by atoms with Crippen molar-refractivity contribution in [3.05, 3.63) is 69.0 Å². The van der Waals surface area contributed by atoms with Gasteiger partial charge in [0.15, 0.2) is 0 Å². The summed E-state index contributed by atoms with van der Waals surface area (Å²) in [6, 6.07) is 10.6. The number of nitrogens with one attached hydrogen (secondary N) is 2. The van der Waals surface area contributed by atoms with E-state index in [1.54, 1.807) is 0 Å². The molecule has 0 radical (unpaired) electrons. The zero-order valence-electron chi connectivity index (χ0n) is 15.6. The summed E-state index contributed by atoms with van der Waals surface area (Å²) in [5.74, 6) is -0.952. The summed E-state index contributed by atoms with van der Waals surface area (Å²) in [4.78, 5) is 48.8. The molecule has 0 unspecified atom stereocenters. The number of rotatable bonds is 5. The molecule has 2 N–H and O–H groups in total. The number of hydrogen-bond donors (Lipinski definition) is 2. The van der Waals surface area contributed by atoms with Gasteiger partial charge in [0.05, 0.1) is 6.54 Å². The second-order valence-corrected chi connectivity index (χ2v) is 7.01. The van der Waals surface area contributed by atoms with Gasteiger partial charge >= 0.3 is 5.69 Å². The third kappa shape index (κ3) is 4.97. The summed E-state index contributed by atoms with van der Waals surface area (Å²) >= 11 is 0. The predicted octanol–water partition coefficient (Wildman–Crippen LogP) is 0.786. The van der Waals surface area contributed by atoms with Crippen LogP contribution >= 0.6 is 0 Å². The van der Waals surface area contributed by atoms with E-state index in [1.807, 2.05) is 30.3 Å². The minimum Gasteiger partial charge on any atom is -0.296 e. The van der Waals surface area contributed by atoms with E-state index in [0.717, 1.165) is 42.2 Å². The Morgan fingerprint density at radius 3 is 2.39 bits per heavy atom. The molecule has 1 aromatic carbocycles. The Bertz CT molecular complexity index is 943. The first kappa shape index (κ1) is 19.6. The van der Waals surface area contributed by atoms with Gasteiger partial charge in [0.25, 0.3) is 11.5 Å². The number of carbonyl (C=O) groups is 2. The minimum atomic E-state index is -0.624. The zero-order chi connectivity index (χ0) is 19.9. The number of hydrazine groups is 1. The maximum Gasteiger partial charge on any atom is 0.331 e. The lowest BCUT2D eigenvalue weighted by molar-refractivity contribution is -0.132. The first-order valence-electron chi connectivity index (χ1n) is 9.47. The van der Waals surface area contributed by atoms with E-state index in [2.05, 4.69) is 10.9 Å². The summed E-state index contributed by atoms with van der Waals surface area (Å²) in [7, 11) is 0. The van der Waals surface area contributed by atoms with Gasteiger partial charge in [-0.15, -0.1) is 0 Å². The molecular weight excluding hydrogens is 360 g/mol. The first-order chi connectivity index (χ1) is 13.5. The molecule has 2 amide bonds. The van der Waals surface area contributed by atoms with Crippen LogP contribution in [0.15, 0.2) is 52.2 Å². The average molecular weight is 384 g/mol. The van der Waals surface area contributed by atoms with Gasteiger partial charge in [-0.25, -0.2) is 4.79 Å². The minimum absolute atomic E-state index is 0.100. The molecule has 1 saturated carbocycles. The van der Waals surface area contributed by atoms with Crippen molar-refractivity contribution < 1.29 is 9.59 Å². The second-order valence-electron chi connectivity index (χ2n) is 7.01. The van der Waals surface area contributed by atoms with E-state index < -0.39 is 23.7 Å². The quantitative estimate of drug-likeness (QED) is 0.744. The van der Waals surface area contributed by atoms with Crippen molar-refractivity contribution in [2.24, 2.45) is 5.92 Å². The Hall–Kier alpha value is -3.16. The Morgan fingerprint density at radius 2 is 1.68 bits per heavy atom. The Balaban J connectivity index is 1.63. The molecule has 8 heteroatoms. The van der Waals surface area contributed by atoms with Crippen LogP contribution < -0.4 is 22.1 Å². The fourth-order valence-electron chi connectivity index (χ4n) is 3.38. The van der Waals surface area contributed by atoms with Gasteiger partial charge in [-0.3, -0.25) is 34.4 Å². The summed E-state index contributed by atoms with van der Waals surface area (Å²) in [5.41, 5.74) is 4.47. The number of nitrogens with zero attached hydrogens (tertiary/aromatic N) is 2. The smallest absolute Gasteiger partial charge is 0.296 e. The molecule has 148 valence electrons. The maximum absolute atomic E-state index is 12.6. The molecule has 0 bridgehead atoms. The summed E-state index contributed by atoms with van der Waals surface area (Å²) in [6.45, 7) is -0.168. The van der Waals surface area contributed by atoms with Gasteiger partial charge in [0, 0.05) is 18.2 Å². The van der Waals surface area contributed by atoms with Gasteiger partial charge in [0.1, 0.15) is 6.54 Å². The highest BCUT2D eigenvalue weighted by atomic mass is 16.2. The number of amides is 2. The van der Waals surface area contributed by atoms with Crippen LogP contribution in [0.5, 0.6) is 0 Å². The zero-order valence-corrected chi connectivity index (χ0v) is 15.6. The molecule has 0 saturated heterocycles. The molecule has 0 atom stereocenters. The van der Waals surface area contributed by atoms with Crippen LogP contribution in [0.3, 0.4) is 0 Å². The Morgan fingerprint density at radius 1 is 0.964 bits per heavy atom. The van der Waals surface area contributed by atoms with Crippen molar-refractivity contribution in [2.75, 3.05) is 0 Å². The van der Waals surface area contributed by atoms with Crippen LogP contribution in [0.25, 0.3) is 0 Å². The Kier molecular flexibility index (Phi) is 6.41. The fraction of sp³-hybridized carbons (Fsp3) is 0.400. The van der Waals surface area contributed by atoms with Crippen LogP contribution in [0, 0.1) is 5.92 Å². The first-order valence-corrected chi connectivity index (χ1v) is 9.47. The molecule has 2 aromatic rings. The van der Waals surface area contributed by atoms with Gasteiger partial charge in [-0.05, 0) is 18.4 Å². The fourth-order valence-corrected chi connectivity index (χ4v) is 3.38. The van der Waals surface area contributed by atoms with Crippen LogP contribution in [0.1, 0.15) is 37.7 Å². The van der Waals surface area contributed by atoms with E-state index in [9.17, 15) is 19.2 Å². The molecular formula is C20H24N4O4. The number of hydrogen-bond acceptors (Lipinski definition) is 4. The van der Waals surface area contributed by atoms with Crippen molar-refractivity contribution in [2.45, 2.75) is 45.2 Å². The molecule has 1 aromatic heterocycles. The highest BCUT2D eigenvalue weighted by Crippen LogP contribution is 2.23. The largest absolute Gasteiger partial charge is 0.331 e. The summed E-state index contributed by atoms with van der Waals surface area (Å²) < 4.78 is 2.22. The van der Waals surface area contributed by atoms with Crippen LogP contribution in [-0.2, 0) is 22.7 Å². The van der Waals surface area contributed by atoms with Gasteiger partial charge in [-0.1, -0.05) is 49.6 Å². The normalized spacial score (nSPS) is 14.4. The molecule has 1 aliphatic rings. The maximum atomic E-state index is 12.6. The lowest BCUT2D eigenvalue weighted by Crippen LogP contribution is -2.49. The van der Waals surface area contributed by atoms with Crippen molar-refractivity contribution in [3.8, 4) is 0 Å². The van der Waals surface area contributed by atoms with Gasteiger partial charge < -0.3 is 0 Å².